The summed E-state index contributed by atoms with van der Waals surface area (Å²) < 4.78 is 5.55. The number of ether oxygens (including phenoxy) is 1. The number of aliphatic carboxylic acids is 1. The van der Waals surface area contributed by atoms with Crippen molar-refractivity contribution in [3.05, 3.63) is 35.4 Å². The van der Waals surface area contributed by atoms with E-state index in [0.717, 1.165) is 12.0 Å². The molecule has 0 aliphatic carbocycles. The minimum absolute atomic E-state index is 0.299. The second kappa shape index (κ2) is 4.03. The maximum absolute atomic E-state index is 10.9. The fourth-order valence-corrected chi connectivity index (χ4v) is 1.97. The van der Waals surface area contributed by atoms with Crippen LogP contribution < -0.4 is 0 Å². The summed E-state index contributed by atoms with van der Waals surface area (Å²) in [6.07, 6.45) is 0.575. The third kappa shape index (κ3) is 1.88. The Hall–Kier alpha value is -1.35. The van der Waals surface area contributed by atoms with E-state index in [2.05, 4.69) is 0 Å². The minimum Gasteiger partial charge on any atom is -0.481 e. The molecule has 2 atom stereocenters. The molecule has 3 heteroatoms. The van der Waals surface area contributed by atoms with Crippen molar-refractivity contribution in [2.45, 2.75) is 19.4 Å². The molecule has 1 aliphatic rings. The Balaban J connectivity index is 2.33. The average molecular weight is 206 g/mol. The topological polar surface area (TPSA) is 46.5 Å². The molecule has 0 spiro atoms. The molecule has 1 aliphatic heterocycles. The van der Waals surface area contributed by atoms with Crippen LogP contribution in [0.5, 0.6) is 0 Å². The van der Waals surface area contributed by atoms with Crippen molar-refractivity contribution in [1.29, 1.82) is 0 Å². The highest BCUT2D eigenvalue weighted by Crippen LogP contribution is 2.32. The van der Waals surface area contributed by atoms with Gasteiger partial charge in [-0.25, -0.2) is 0 Å². The zero-order chi connectivity index (χ0) is 10.8. The highest BCUT2D eigenvalue weighted by molar-refractivity contribution is 5.70. The second-order valence-corrected chi connectivity index (χ2v) is 3.87. The van der Waals surface area contributed by atoms with Crippen LogP contribution in [-0.2, 0) is 16.0 Å². The molecule has 0 amide bonds. The van der Waals surface area contributed by atoms with Gasteiger partial charge in [-0.15, -0.1) is 0 Å². The predicted octanol–water partition coefficient (Wildman–Crippen LogP) is 2.02. The number of carboxylic acids is 1. The van der Waals surface area contributed by atoms with Gasteiger partial charge in [-0.2, -0.15) is 0 Å². The van der Waals surface area contributed by atoms with Crippen LogP contribution in [0.2, 0.25) is 0 Å². The van der Waals surface area contributed by atoms with Crippen molar-refractivity contribution >= 4 is 5.97 Å². The first kappa shape index (κ1) is 10.2. The first-order chi connectivity index (χ1) is 7.20. The smallest absolute Gasteiger partial charge is 0.309 e. The highest BCUT2D eigenvalue weighted by atomic mass is 16.5. The first-order valence-corrected chi connectivity index (χ1v) is 5.12. The summed E-state index contributed by atoms with van der Waals surface area (Å²) in [5.41, 5.74) is 2.24. The van der Waals surface area contributed by atoms with Gasteiger partial charge in [0, 0.05) is 0 Å². The van der Waals surface area contributed by atoms with Crippen LogP contribution in [0.3, 0.4) is 0 Å². The molecule has 0 fully saturated rings. The fourth-order valence-electron chi connectivity index (χ4n) is 1.97. The Bertz CT molecular complexity index is 373. The van der Waals surface area contributed by atoms with Crippen LogP contribution in [0, 0.1) is 5.92 Å². The van der Waals surface area contributed by atoms with Crippen LogP contribution in [0.25, 0.3) is 0 Å². The molecule has 2 unspecified atom stereocenters. The molecule has 0 saturated carbocycles. The van der Waals surface area contributed by atoms with Gasteiger partial charge < -0.3 is 9.84 Å². The first-order valence-electron chi connectivity index (χ1n) is 5.12. The number of hydrogen-bond acceptors (Lipinski definition) is 2. The van der Waals surface area contributed by atoms with Gasteiger partial charge in [-0.05, 0) is 24.5 Å². The fraction of sp³-hybridized carbons (Fsp3) is 0.417. The molecule has 2 rings (SSSR count). The lowest BCUT2D eigenvalue weighted by Crippen LogP contribution is -2.26. The van der Waals surface area contributed by atoms with Gasteiger partial charge in [0.15, 0.2) is 0 Å². The third-order valence-corrected chi connectivity index (χ3v) is 2.87. The van der Waals surface area contributed by atoms with E-state index in [9.17, 15) is 4.79 Å². The largest absolute Gasteiger partial charge is 0.481 e. The minimum atomic E-state index is -0.809. The maximum atomic E-state index is 10.9. The van der Waals surface area contributed by atoms with E-state index in [0.29, 0.717) is 6.61 Å². The molecule has 80 valence electrons. The molecule has 0 radical (unpaired) electrons. The number of rotatable bonds is 2. The van der Waals surface area contributed by atoms with Crippen LogP contribution in [0.1, 0.15) is 24.2 Å². The zero-order valence-electron chi connectivity index (χ0n) is 8.64. The number of hydrogen-bond donors (Lipinski definition) is 1. The van der Waals surface area contributed by atoms with Crippen LogP contribution in [-0.4, -0.2) is 17.7 Å². The van der Waals surface area contributed by atoms with E-state index in [-0.39, 0.29) is 6.10 Å². The van der Waals surface area contributed by atoms with Crippen molar-refractivity contribution in [3.63, 3.8) is 0 Å². The summed E-state index contributed by atoms with van der Waals surface area (Å²) in [6.45, 7) is 2.30. The lowest BCUT2D eigenvalue weighted by atomic mass is 9.90. The van der Waals surface area contributed by atoms with E-state index in [1.54, 1.807) is 6.92 Å². The molecular weight excluding hydrogens is 192 g/mol. The third-order valence-electron chi connectivity index (χ3n) is 2.87. The molecule has 0 aromatic heterocycles. The molecular formula is C12H14O3. The number of carbonyl (C=O) groups is 1. The Labute approximate surface area is 88.7 Å². The van der Waals surface area contributed by atoms with Crippen LogP contribution >= 0.6 is 0 Å². The highest BCUT2D eigenvalue weighted by Gasteiger charge is 2.29. The molecule has 1 N–H and O–H groups in total. The van der Waals surface area contributed by atoms with E-state index in [1.807, 2.05) is 24.3 Å². The molecule has 1 aromatic carbocycles. The zero-order valence-corrected chi connectivity index (χ0v) is 8.64. The predicted molar refractivity (Wildman–Crippen MR) is 55.6 cm³/mol. The Morgan fingerprint density at radius 3 is 3.00 bits per heavy atom. The van der Waals surface area contributed by atoms with E-state index >= 15 is 0 Å². The molecule has 0 bridgehead atoms. The standard InChI is InChI=1S/C12H14O3/c1-8(12(13)14)11-10-5-3-2-4-9(10)6-7-15-11/h2-5,8,11H,6-7H2,1H3,(H,13,14). The van der Waals surface area contributed by atoms with Crippen LogP contribution in [0.4, 0.5) is 0 Å². The number of carboxylic acid groups (broad SMARTS) is 1. The maximum Gasteiger partial charge on any atom is 0.309 e. The lowest BCUT2D eigenvalue weighted by Gasteiger charge is -2.28. The SMILES string of the molecule is CC(C(=O)O)C1OCCc2ccccc21. The summed E-state index contributed by atoms with van der Waals surface area (Å²) in [7, 11) is 0. The summed E-state index contributed by atoms with van der Waals surface area (Å²) in [5, 5.41) is 8.98. The van der Waals surface area contributed by atoms with Crippen molar-refractivity contribution in [2.24, 2.45) is 5.92 Å². The Morgan fingerprint density at radius 1 is 1.53 bits per heavy atom. The Morgan fingerprint density at radius 2 is 2.27 bits per heavy atom. The summed E-state index contributed by atoms with van der Waals surface area (Å²) in [5.74, 6) is -1.30. The monoisotopic (exact) mass is 206 g/mol. The van der Waals surface area contributed by atoms with Crippen molar-refractivity contribution in [3.8, 4) is 0 Å². The van der Waals surface area contributed by atoms with Crippen molar-refractivity contribution in [1.82, 2.24) is 0 Å². The van der Waals surface area contributed by atoms with E-state index < -0.39 is 11.9 Å². The normalized spacial score (nSPS) is 21.8. The van der Waals surface area contributed by atoms with E-state index in [4.69, 9.17) is 9.84 Å². The van der Waals surface area contributed by atoms with Gasteiger partial charge in [0.25, 0.3) is 0 Å². The average Bonchev–Trinajstić information content (AvgIpc) is 2.27. The quantitative estimate of drug-likeness (QED) is 0.805. The van der Waals surface area contributed by atoms with Crippen molar-refractivity contribution in [2.75, 3.05) is 6.61 Å². The summed E-state index contributed by atoms with van der Waals surface area (Å²) in [4.78, 5) is 10.9. The molecule has 3 nitrogen and oxygen atoms in total. The number of benzene rings is 1. The summed E-state index contributed by atoms with van der Waals surface area (Å²) in [6, 6.07) is 7.90. The van der Waals surface area contributed by atoms with E-state index in [1.165, 1.54) is 5.56 Å². The van der Waals surface area contributed by atoms with Crippen molar-refractivity contribution < 1.29 is 14.6 Å². The van der Waals surface area contributed by atoms with Gasteiger partial charge in [0.2, 0.25) is 0 Å². The second-order valence-electron chi connectivity index (χ2n) is 3.87. The van der Waals surface area contributed by atoms with Gasteiger partial charge in [-0.3, -0.25) is 4.79 Å². The molecule has 15 heavy (non-hydrogen) atoms. The number of fused-ring (bicyclic) bond motifs is 1. The molecule has 1 aromatic rings. The van der Waals surface area contributed by atoms with Gasteiger partial charge in [-0.1, -0.05) is 24.3 Å². The van der Waals surface area contributed by atoms with Gasteiger partial charge in [0.05, 0.1) is 18.6 Å². The molecule has 1 heterocycles. The Kier molecular flexibility index (Phi) is 2.73. The lowest BCUT2D eigenvalue weighted by molar-refractivity contribution is -0.147. The van der Waals surface area contributed by atoms with Gasteiger partial charge >= 0.3 is 5.97 Å². The summed E-state index contributed by atoms with van der Waals surface area (Å²) >= 11 is 0. The van der Waals surface area contributed by atoms with Gasteiger partial charge in [0.1, 0.15) is 0 Å². The van der Waals surface area contributed by atoms with Crippen LogP contribution in [0.15, 0.2) is 24.3 Å². The molecule has 0 saturated heterocycles.